The minimum absolute atomic E-state index is 0.170. The van der Waals surface area contributed by atoms with E-state index >= 15 is 0 Å². The first-order valence-electron chi connectivity index (χ1n) is 29.9. The minimum atomic E-state index is -4.75. The molecule has 0 fully saturated rings. The van der Waals surface area contributed by atoms with E-state index < -0.39 is 57.8 Å². The zero-order valence-corrected chi connectivity index (χ0v) is 47.6. The highest BCUT2D eigenvalue weighted by atomic mass is 31.2. The molecule has 0 aromatic rings. The fourth-order valence-electron chi connectivity index (χ4n) is 8.44. The molecule has 0 heterocycles. The Morgan fingerprint density at radius 1 is 0.389 bits per heavy atom. The molecule has 0 bridgehead atoms. The number of allylic oxidation sites excluding steroid dienone is 6. The number of aliphatic hydroxyl groups is 1. The van der Waals surface area contributed by atoms with Crippen molar-refractivity contribution in [1.82, 2.24) is 0 Å². The van der Waals surface area contributed by atoms with E-state index in [1.165, 1.54) is 141 Å². The molecule has 2 N–H and O–H groups in total. The van der Waals surface area contributed by atoms with Gasteiger partial charge < -0.3 is 24.2 Å². The Morgan fingerprint density at radius 2 is 0.681 bits per heavy atom. The van der Waals surface area contributed by atoms with Crippen LogP contribution in [0.4, 0.5) is 0 Å². The van der Waals surface area contributed by atoms with E-state index in [2.05, 4.69) is 57.2 Å². The Hall–Kier alpha value is -2.30. The zero-order chi connectivity index (χ0) is 52.7. The van der Waals surface area contributed by atoms with Crippen LogP contribution in [0.2, 0.25) is 0 Å². The van der Waals surface area contributed by atoms with Crippen LogP contribution in [0.25, 0.3) is 0 Å². The van der Waals surface area contributed by atoms with Gasteiger partial charge in [0.05, 0.1) is 19.8 Å². The van der Waals surface area contributed by atoms with E-state index in [0.29, 0.717) is 19.3 Å². The normalized spacial score (nSPS) is 13.6. The average Bonchev–Trinajstić information content (AvgIpc) is 3.37. The van der Waals surface area contributed by atoms with Crippen molar-refractivity contribution >= 4 is 25.7 Å². The summed E-state index contributed by atoms with van der Waals surface area (Å²) in [5.41, 5.74) is 0. The number of ether oxygens (including phenoxy) is 3. The van der Waals surface area contributed by atoms with Gasteiger partial charge in [-0.2, -0.15) is 0 Å². The van der Waals surface area contributed by atoms with Crippen molar-refractivity contribution in [2.75, 3.05) is 26.4 Å². The lowest BCUT2D eigenvalue weighted by Crippen LogP contribution is -2.30. The summed E-state index contributed by atoms with van der Waals surface area (Å²) >= 11 is 0. The van der Waals surface area contributed by atoms with Crippen LogP contribution in [-0.4, -0.2) is 66.5 Å². The number of rotatable bonds is 56. The lowest BCUT2D eigenvalue weighted by molar-refractivity contribution is -0.161. The first-order chi connectivity index (χ1) is 35.2. The molecular formula is C60H111O11P. The maximum Gasteiger partial charge on any atom is 0.472 e. The van der Waals surface area contributed by atoms with Crippen LogP contribution in [0.3, 0.4) is 0 Å². The molecule has 0 aromatic heterocycles. The molecule has 0 radical (unpaired) electrons. The van der Waals surface area contributed by atoms with Crippen molar-refractivity contribution in [3.05, 3.63) is 36.5 Å². The van der Waals surface area contributed by atoms with Gasteiger partial charge in [0.2, 0.25) is 0 Å². The second-order valence-corrected chi connectivity index (χ2v) is 21.6. The molecular weight excluding hydrogens is 928 g/mol. The third-order valence-corrected chi connectivity index (χ3v) is 14.0. The molecule has 12 heteroatoms. The lowest BCUT2D eigenvalue weighted by atomic mass is 10.0. The van der Waals surface area contributed by atoms with E-state index in [-0.39, 0.29) is 25.9 Å². The number of carbonyl (C=O) groups is 3. The summed E-state index contributed by atoms with van der Waals surface area (Å²) < 4.78 is 39.6. The van der Waals surface area contributed by atoms with Crippen molar-refractivity contribution in [3.63, 3.8) is 0 Å². The highest BCUT2D eigenvalue weighted by Gasteiger charge is 2.28. The molecule has 0 rings (SSSR count). The highest BCUT2D eigenvalue weighted by Crippen LogP contribution is 2.43. The fourth-order valence-corrected chi connectivity index (χ4v) is 9.23. The predicted octanol–water partition coefficient (Wildman–Crippen LogP) is 17.6. The first kappa shape index (κ1) is 69.7. The Bertz CT molecular complexity index is 1350. The Labute approximate surface area is 441 Å². The van der Waals surface area contributed by atoms with Crippen molar-refractivity contribution < 1.29 is 52.2 Å². The Balaban J connectivity index is 4.70. The summed E-state index contributed by atoms with van der Waals surface area (Å²) in [6.45, 7) is 4.63. The monoisotopic (exact) mass is 1040 g/mol. The first-order valence-corrected chi connectivity index (χ1v) is 31.4. The van der Waals surface area contributed by atoms with Gasteiger partial charge in [-0.05, 0) is 77.0 Å². The van der Waals surface area contributed by atoms with Gasteiger partial charge in [0.25, 0.3) is 0 Å². The largest absolute Gasteiger partial charge is 0.472 e. The third-order valence-electron chi connectivity index (χ3n) is 13.0. The highest BCUT2D eigenvalue weighted by molar-refractivity contribution is 7.47. The van der Waals surface area contributed by atoms with E-state index in [4.69, 9.17) is 23.3 Å². The van der Waals surface area contributed by atoms with E-state index in [0.717, 1.165) is 89.9 Å². The predicted molar refractivity (Wildman–Crippen MR) is 298 cm³/mol. The maximum absolute atomic E-state index is 12.9. The molecule has 0 spiro atoms. The number of aliphatic hydroxyl groups excluding tert-OH is 1. The smallest absolute Gasteiger partial charge is 0.462 e. The van der Waals surface area contributed by atoms with Crippen LogP contribution < -0.4 is 0 Å². The number of carbonyl (C=O) groups excluding carboxylic acids is 3. The number of phosphoric acid groups is 1. The van der Waals surface area contributed by atoms with E-state index in [9.17, 15) is 28.9 Å². The molecule has 0 aromatic carbocycles. The number of esters is 3. The Morgan fingerprint density at radius 3 is 1.08 bits per heavy atom. The van der Waals surface area contributed by atoms with Gasteiger partial charge in [0.1, 0.15) is 12.7 Å². The summed E-state index contributed by atoms with van der Waals surface area (Å²) in [6.07, 6.45) is 56.6. The molecule has 72 heavy (non-hydrogen) atoms. The van der Waals surface area contributed by atoms with Crippen LogP contribution in [0.1, 0.15) is 290 Å². The number of phosphoric ester groups is 1. The zero-order valence-electron chi connectivity index (χ0n) is 46.7. The molecule has 11 nitrogen and oxygen atoms in total. The van der Waals surface area contributed by atoms with Gasteiger partial charge in [-0.15, -0.1) is 0 Å². The molecule has 0 aliphatic rings. The number of unbranched alkanes of at least 4 members (excludes halogenated alkanes) is 33. The van der Waals surface area contributed by atoms with Crippen LogP contribution in [0.5, 0.6) is 0 Å². The SMILES string of the molecule is CCCCC/C=C\C/C=C\CCCCCCCCCC(=O)OCC(COP(=O)(O)OCC(CO)OC(=O)CCCCCCC/C=C\CCCCCC)OC(=O)CCCCCCCCCCCCCCCCC. The van der Waals surface area contributed by atoms with Crippen LogP contribution in [-0.2, 0) is 42.2 Å². The summed E-state index contributed by atoms with van der Waals surface area (Å²) in [7, 11) is -4.75. The maximum atomic E-state index is 12.9. The van der Waals surface area contributed by atoms with E-state index in [1.807, 2.05) is 0 Å². The van der Waals surface area contributed by atoms with Crippen molar-refractivity contribution in [3.8, 4) is 0 Å². The molecule has 0 aliphatic heterocycles. The van der Waals surface area contributed by atoms with Crippen molar-refractivity contribution in [2.45, 2.75) is 303 Å². The van der Waals surface area contributed by atoms with Gasteiger partial charge in [-0.25, -0.2) is 4.57 Å². The molecule has 3 atom stereocenters. The van der Waals surface area contributed by atoms with Crippen molar-refractivity contribution in [1.29, 1.82) is 0 Å². The van der Waals surface area contributed by atoms with Crippen LogP contribution in [0, 0.1) is 0 Å². The molecule has 0 amide bonds. The molecule has 0 saturated carbocycles. The lowest BCUT2D eigenvalue weighted by Gasteiger charge is -2.21. The number of hydrogen-bond acceptors (Lipinski definition) is 10. The standard InChI is InChI=1S/C60H111O11P/c1-4-7-10-13-16-19-22-25-27-28-30-32-34-37-40-43-46-49-58(62)67-53-57(71-60(64)51-48-45-42-39-36-33-29-26-23-20-17-14-11-8-5-2)55-69-72(65,66)68-54-56(52-61)70-59(63)50-47-44-41-38-35-31-24-21-18-15-12-9-6-3/h16,19,21,24-25,27,56-57,61H,4-15,17-18,20,22-23,26,28-55H2,1-3H3,(H,65,66)/b19-16-,24-21-,27-25-. The fraction of sp³-hybridized carbons (Fsp3) is 0.850. The van der Waals surface area contributed by atoms with Gasteiger partial charge in [0.15, 0.2) is 6.10 Å². The molecule has 3 unspecified atom stereocenters. The summed E-state index contributed by atoms with van der Waals surface area (Å²) in [4.78, 5) is 48.6. The van der Waals surface area contributed by atoms with Crippen molar-refractivity contribution in [2.24, 2.45) is 0 Å². The summed E-state index contributed by atoms with van der Waals surface area (Å²) in [5, 5.41) is 9.81. The van der Waals surface area contributed by atoms with Gasteiger partial charge in [-0.3, -0.25) is 23.4 Å². The van der Waals surface area contributed by atoms with Gasteiger partial charge >= 0.3 is 25.7 Å². The summed E-state index contributed by atoms with van der Waals surface area (Å²) in [6, 6.07) is 0. The minimum Gasteiger partial charge on any atom is -0.462 e. The van der Waals surface area contributed by atoms with Gasteiger partial charge in [-0.1, -0.05) is 231 Å². The summed E-state index contributed by atoms with van der Waals surface area (Å²) in [5.74, 6) is -1.46. The van der Waals surface area contributed by atoms with E-state index in [1.54, 1.807) is 0 Å². The number of hydrogen-bond donors (Lipinski definition) is 2. The van der Waals surface area contributed by atoms with Crippen LogP contribution in [0.15, 0.2) is 36.5 Å². The molecule has 0 saturated heterocycles. The molecule has 0 aliphatic carbocycles. The topological polar surface area (TPSA) is 155 Å². The second-order valence-electron chi connectivity index (χ2n) is 20.2. The van der Waals surface area contributed by atoms with Gasteiger partial charge in [0, 0.05) is 19.3 Å². The van der Waals surface area contributed by atoms with Crippen LogP contribution >= 0.6 is 7.82 Å². The second kappa shape index (κ2) is 54.9. The average molecular weight is 1040 g/mol. The third kappa shape index (κ3) is 52.6. The quantitative estimate of drug-likeness (QED) is 0.0197. The Kier molecular flexibility index (Phi) is 53.2. The molecule has 422 valence electrons.